The molecule has 4 aliphatic heterocycles. The van der Waals surface area contributed by atoms with Crippen molar-refractivity contribution >= 4 is 0 Å². The van der Waals surface area contributed by atoms with E-state index in [-0.39, 0.29) is 0 Å². The van der Waals surface area contributed by atoms with Crippen molar-refractivity contribution in [3.63, 3.8) is 0 Å². The number of aliphatic hydroxyl groups is 14. The van der Waals surface area contributed by atoms with Crippen LogP contribution < -0.4 is 0 Å². The third-order valence-electron chi connectivity index (χ3n) is 8.20. The number of hydrogen-bond donors (Lipinski definition) is 14. The van der Waals surface area contributed by atoms with Gasteiger partial charge in [-0.1, -0.05) is 0 Å². The van der Waals surface area contributed by atoms with Gasteiger partial charge < -0.3 is 105 Å². The summed E-state index contributed by atoms with van der Waals surface area (Å²) >= 11 is 0. The number of rotatable bonds is 10. The van der Waals surface area contributed by atoms with Gasteiger partial charge in [0.05, 0.1) is 26.4 Å². The molecule has 0 bridgehead atoms. The van der Waals surface area contributed by atoms with E-state index in [4.69, 9.17) is 33.2 Å². The smallest absolute Gasteiger partial charge is 0.187 e. The van der Waals surface area contributed by atoms with Gasteiger partial charge in [0.15, 0.2) is 25.2 Å². The van der Waals surface area contributed by atoms with E-state index in [9.17, 15) is 71.5 Å². The van der Waals surface area contributed by atoms with E-state index in [2.05, 4.69) is 0 Å². The van der Waals surface area contributed by atoms with Crippen LogP contribution in [0.1, 0.15) is 0 Å². The van der Waals surface area contributed by atoms with Crippen molar-refractivity contribution in [2.75, 3.05) is 26.4 Å². The Balaban J connectivity index is 1.43. The summed E-state index contributed by atoms with van der Waals surface area (Å²) in [5, 5.41) is 142. The molecule has 4 heterocycles. The van der Waals surface area contributed by atoms with Crippen molar-refractivity contribution in [2.24, 2.45) is 0 Å². The van der Waals surface area contributed by atoms with E-state index in [0.717, 1.165) is 0 Å². The Labute approximate surface area is 254 Å². The summed E-state index contributed by atoms with van der Waals surface area (Å²) in [6.45, 7) is -3.39. The number of hydrogen-bond acceptors (Lipinski definition) is 21. The molecule has 0 aromatic carbocycles. The standard InChI is InChI=1S/C24H42O21/c25-1-5-9(29)10(30)15(35)22(40-5)44-19-7(3-27)42-24(17(37)12(19)32)45-20-8(4-28)41-23(16(36)13(20)33)43-18-6(2-26)39-21(38)14(34)11(18)31/h5-38H,1-4H2/t5?,6?,7?,8?,9-,10-,11+,12+,13+,14?,15?,16?,17?,18-,19-,20-,21?,22-,23-,24-/m0/s1. The summed E-state index contributed by atoms with van der Waals surface area (Å²) in [6, 6.07) is 0. The molecular formula is C24H42O21. The molecule has 4 aliphatic rings. The lowest BCUT2D eigenvalue weighted by molar-refractivity contribution is -0.387. The zero-order chi connectivity index (χ0) is 33.3. The Hall–Kier alpha value is -0.840. The van der Waals surface area contributed by atoms with Crippen molar-refractivity contribution in [1.29, 1.82) is 0 Å². The predicted octanol–water partition coefficient (Wildman–Crippen LogP) is -9.75. The van der Waals surface area contributed by atoms with Crippen molar-refractivity contribution in [3.8, 4) is 0 Å². The van der Waals surface area contributed by atoms with E-state index in [1.807, 2.05) is 0 Å². The Bertz CT molecular complexity index is 910. The molecule has 4 saturated heterocycles. The highest BCUT2D eigenvalue weighted by Crippen LogP contribution is 2.34. The first-order valence-corrected chi connectivity index (χ1v) is 14.1. The molecular weight excluding hydrogens is 624 g/mol. The van der Waals surface area contributed by atoms with Gasteiger partial charge in [-0.15, -0.1) is 0 Å². The van der Waals surface area contributed by atoms with Crippen molar-refractivity contribution in [2.45, 2.75) is 123 Å². The van der Waals surface area contributed by atoms with Gasteiger partial charge in [-0.25, -0.2) is 0 Å². The van der Waals surface area contributed by atoms with E-state index in [1.165, 1.54) is 0 Å². The molecule has 9 unspecified atom stereocenters. The molecule has 0 radical (unpaired) electrons. The molecule has 45 heavy (non-hydrogen) atoms. The minimum absolute atomic E-state index is 0.784. The molecule has 0 aromatic heterocycles. The molecule has 0 aromatic rings. The summed E-state index contributed by atoms with van der Waals surface area (Å²) in [5.41, 5.74) is 0. The average Bonchev–Trinajstić information content (AvgIpc) is 3.03. The van der Waals surface area contributed by atoms with Crippen LogP contribution >= 0.6 is 0 Å². The van der Waals surface area contributed by atoms with Crippen LogP contribution in [0.2, 0.25) is 0 Å². The van der Waals surface area contributed by atoms with Crippen LogP contribution in [0.25, 0.3) is 0 Å². The summed E-state index contributed by atoms with van der Waals surface area (Å²) in [7, 11) is 0. The second-order valence-electron chi connectivity index (χ2n) is 11.1. The van der Waals surface area contributed by atoms with E-state index in [1.54, 1.807) is 0 Å². The second-order valence-corrected chi connectivity index (χ2v) is 11.1. The van der Waals surface area contributed by atoms with Gasteiger partial charge in [-0.2, -0.15) is 0 Å². The summed E-state index contributed by atoms with van der Waals surface area (Å²) in [6.07, 6.45) is -35.3. The molecule has 4 rings (SSSR count). The van der Waals surface area contributed by atoms with Gasteiger partial charge in [-0.3, -0.25) is 0 Å². The van der Waals surface area contributed by atoms with Crippen LogP contribution in [0.15, 0.2) is 0 Å². The second kappa shape index (κ2) is 15.6. The first kappa shape index (κ1) is 37.0. The average molecular weight is 667 g/mol. The summed E-state index contributed by atoms with van der Waals surface area (Å²) in [4.78, 5) is 0. The van der Waals surface area contributed by atoms with E-state index in [0.29, 0.717) is 0 Å². The van der Waals surface area contributed by atoms with Gasteiger partial charge in [0.25, 0.3) is 0 Å². The topological polar surface area (TPSA) is 348 Å². The molecule has 264 valence electrons. The lowest BCUT2D eigenvalue weighted by atomic mass is 9.95. The fraction of sp³-hybridized carbons (Fsp3) is 1.00. The molecule has 4 fully saturated rings. The normalized spacial score (nSPS) is 52.9. The van der Waals surface area contributed by atoms with Gasteiger partial charge in [0.1, 0.15) is 97.7 Å². The summed E-state index contributed by atoms with van der Waals surface area (Å²) < 4.78 is 37.7. The molecule has 21 heteroatoms. The van der Waals surface area contributed by atoms with Gasteiger partial charge >= 0.3 is 0 Å². The van der Waals surface area contributed by atoms with Crippen LogP contribution in [0.3, 0.4) is 0 Å². The highest BCUT2D eigenvalue weighted by molar-refractivity contribution is 4.97. The third-order valence-corrected chi connectivity index (χ3v) is 8.20. The maximum Gasteiger partial charge on any atom is 0.187 e. The molecule has 21 nitrogen and oxygen atoms in total. The first-order chi connectivity index (χ1) is 21.3. The Morgan fingerprint density at radius 3 is 1.02 bits per heavy atom. The highest BCUT2D eigenvalue weighted by Gasteiger charge is 2.55. The number of ether oxygens (including phenoxy) is 7. The lowest BCUT2D eigenvalue weighted by Crippen LogP contribution is -2.67. The van der Waals surface area contributed by atoms with Crippen LogP contribution in [-0.2, 0) is 33.2 Å². The Kier molecular flexibility index (Phi) is 12.8. The third kappa shape index (κ3) is 7.44. The molecule has 0 amide bonds. The maximum atomic E-state index is 10.9. The molecule has 20 atom stereocenters. The SMILES string of the molecule is OCC1O[C@@H](O[C@H]2C(CO)O[C@@H](O[C@H]3C(CO)O[C@@H](O[C@H]4C(CO)OC(O)C(O)[C@H]4O)C(O)[C@H]3O)C(O)[C@H]2O)C(O)[C@@H](O)[C@H]1O. The van der Waals surface area contributed by atoms with Gasteiger partial charge in [-0.05, 0) is 0 Å². The molecule has 0 saturated carbocycles. The van der Waals surface area contributed by atoms with Crippen molar-refractivity contribution < 1.29 is 105 Å². The summed E-state index contributed by atoms with van der Waals surface area (Å²) in [5.74, 6) is 0. The predicted molar refractivity (Wildman–Crippen MR) is 134 cm³/mol. The zero-order valence-corrected chi connectivity index (χ0v) is 23.5. The minimum atomic E-state index is -2.02. The lowest BCUT2D eigenvalue weighted by Gasteiger charge is -2.49. The van der Waals surface area contributed by atoms with Crippen molar-refractivity contribution in [1.82, 2.24) is 0 Å². The van der Waals surface area contributed by atoms with Crippen LogP contribution in [0, 0.1) is 0 Å². The fourth-order valence-corrected chi connectivity index (χ4v) is 5.55. The molecule has 0 spiro atoms. The quantitative estimate of drug-likeness (QED) is 0.103. The first-order valence-electron chi connectivity index (χ1n) is 14.1. The zero-order valence-electron chi connectivity index (χ0n) is 23.5. The monoisotopic (exact) mass is 666 g/mol. The largest absolute Gasteiger partial charge is 0.394 e. The van der Waals surface area contributed by atoms with Crippen LogP contribution in [0.5, 0.6) is 0 Å². The van der Waals surface area contributed by atoms with Crippen LogP contribution in [0.4, 0.5) is 0 Å². The number of aliphatic hydroxyl groups excluding tert-OH is 14. The van der Waals surface area contributed by atoms with Gasteiger partial charge in [0.2, 0.25) is 0 Å². The van der Waals surface area contributed by atoms with Crippen LogP contribution in [-0.4, -0.2) is 221 Å². The minimum Gasteiger partial charge on any atom is -0.394 e. The maximum absolute atomic E-state index is 10.9. The molecule has 0 aliphatic carbocycles. The van der Waals surface area contributed by atoms with E-state index >= 15 is 0 Å². The highest BCUT2D eigenvalue weighted by atomic mass is 16.8. The van der Waals surface area contributed by atoms with Crippen molar-refractivity contribution in [3.05, 3.63) is 0 Å². The molecule has 14 N–H and O–H groups in total. The Morgan fingerprint density at radius 1 is 0.333 bits per heavy atom. The van der Waals surface area contributed by atoms with E-state index < -0.39 is 149 Å². The van der Waals surface area contributed by atoms with Gasteiger partial charge in [0, 0.05) is 0 Å². The fourth-order valence-electron chi connectivity index (χ4n) is 5.55. The Morgan fingerprint density at radius 2 is 0.644 bits per heavy atom.